The van der Waals surface area contributed by atoms with Crippen LogP contribution in [0.25, 0.3) is 0 Å². The largest absolute Gasteiger partial charge is 0.374 e. The SMILES string of the molecule is Cc1ccc(C(=O)N(CC(C)C)C[C@@H]2CN(Cc3ccccc3F)CCO2)cc1. The highest BCUT2D eigenvalue weighted by atomic mass is 19.1. The second-order valence-electron chi connectivity index (χ2n) is 8.29. The molecule has 0 spiro atoms. The van der Waals surface area contributed by atoms with E-state index in [4.69, 9.17) is 4.74 Å². The third-order valence-corrected chi connectivity index (χ3v) is 5.17. The first kappa shape index (κ1) is 21.5. The third kappa shape index (κ3) is 6.12. The highest BCUT2D eigenvalue weighted by Crippen LogP contribution is 2.16. The fraction of sp³-hybridized carbons (Fsp3) is 0.458. The van der Waals surface area contributed by atoms with Gasteiger partial charge >= 0.3 is 0 Å². The number of carbonyl (C=O) groups is 1. The number of hydrogen-bond acceptors (Lipinski definition) is 3. The van der Waals surface area contributed by atoms with Crippen molar-refractivity contribution in [2.75, 3.05) is 32.8 Å². The Hall–Kier alpha value is -2.24. The molecule has 1 aliphatic heterocycles. The minimum atomic E-state index is -0.175. The summed E-state index contributed by atoms with van der Waals surface area (Å²) in [5.74, 6) is 0.225. The fourth-order valence-corrected chi connectivity index (χ4v) is 3.71. The maximum absolute atomic E-state index is 14.0. The van der Waals surface area contributed by atoms with Gasteiger partial charge in [-0.15, -0.1) is 0 Å². The van der Waals surface area contributed by atoms with Gasteiger partial charge in [0, 0.05) is 43.9 Å². The van der Waals surface area contributed by atoms with Crippen molar-refractivity contribution in [2.45, 2.75) is 33.4 Å². The number of amides is 1. The Morgan fingerprint density at radius 3 is 2.62 bits per heavy atom. The number of nitrogens with zero attached hydrogens (tertiary/aromatic N) is 2. The first-order chi connectivity index (χ1) is 13.9. The van der Waals surface area contributed by atoms with Crippen LogP contribution in [-0.2, 0) is 11.3 Å². The van der Waals surface area contributed by atoms with Gasteiger partial charge < -0.3 is 9.64 Å². The molecule has 1 fully saturated rings. The second-order valence-corrected chi connectivity index (χ2v) is 8.29. The first-order valence-corrected chi connectivity index (χ1v) is 10.4. The molecule has 0 saturated carbocycles. The standard InChI is InChI=1S/C24H31FN2O2/c1-18(2)14-27(24(28)20-10-8-19(3)9-11-20)17-22-16-26(12-13-29-22)15-21-6-4-5-7-23(21)25/h4-11,18,22H,12-17H2,1-3H3/t22-/m0/s1. The fourth-order valence-electron chi connectivity index (χ4n) is 3.71. The molecule has 29 heavy (non-hydrogen) atoms. The van der Waals surface area contributed by atoms with Crippen LogP contribution in [0, 0.1) is 18.7 Å². The summed E-state index contributed by atoms with van der Waals surface area (Å²) in [6, 6.07) is 14.6. The summed E-state index contributed by atoms with van der Waals surface area (Å²) in [4.78, 5) is 17.2. The quantitative estimate of drug-likeness (QED) is 0.703. The molecule has 0 bridgehead atoms. The molecule has 3 rings (SSSR count). The Morgan fingerprint density at radius 2 is 1.93 bits per heavy atom. The van der Waals surface area contributed by atoms with Crippen molar-refractivity contribution in [2.24, 2.45) is 5.92 Å². The molecule has 1 heterocycles. The van der Waals surface area contributed by atoms with E-state index < -0.39 is 0 Å². The molecule has 4 nitrogen and oxygen atoms in total. The minimum absolute atomic E-state index is 0.0357. The van der Waals surface area contributed by atoms with Crippen LogP contribution in [0.1, 0.15) is 35.3 Å². The Kier molecular flexibility index (Phi) is 7.40. The summed E-state index contributed by atoms with van der Waals surface area (Å²) >= 11 is 0. The predicted molar refractivity (Wildman–Crippen MR) is 113 cm³/mol. The molecule has 1 saturated heterocycles. The molecular weight excluding hydrogens is 367 g/mol. The Balaban J connectivity index is 1.66. The van der Waals surface area contributed by atoms with Crippen molar-refractivity contribution in [3.8, 4) is 0 Å². The van der Waals surface area contributed by atoms with Crippen molar-refractivity contribution in [1.82, 2.24) is 9.80 Å². The van der Waals surface area contributed by atoms with Gasteiger partial charge in [-0.05, 0) is 31.0 Å². The van der Waals surface area contributed by atoms with E-state index in [0.29, 0.717) is 49.8 Å². The van der Waals surface area contributed by atoms with Crippen LogP contribution in [0.2, 0.25) is 0 Å². The van der Waals surface area contributed by atoms with E-state index in [1.54, 1.807) is 6.07 Å². The lowest BCUT2D eigenvalue weighted by atomic mass is 10.1. The van der Waals surface area contributed by atoms with E-state index >= 15 is 0 Å². The molecule has 1 amide bonds. The summed E-state index contributed by atoms with van der Waals surface area (Å²) in [5.41, 5.74) is 2.54. The highest BCUT2D eigenvalue weighted by molar-refractivity contribution is 5.94. The smallest absolute Gasteiger partial charge is 0.253 e. The topological polar surface area (TPSA) is 32.8 Å². The molecule has 5 heteroatoms. The molecule has 2 aromatic carbocycles. The molecule has 0 aliphatic carbocycles. The lowest BCUT2D eigenvalue weighted by molar-refractivity contribution is -0.0440. The molecular formula is C24H31FN2O2. The summed E-state index contributed by atoms with van der Waals surface area (Å²) in [6.45, 7) is 10.1. The third-order valence-electron chi connectivity index (χ3n) is 5.17. The monoisotopic (exact) mass is 398 g/mol. The summed E-state index contributed by atoms with van der Waals surface area (Å²) < 4.78 is 20.0. The number of rotatable bonds is 7. The molecule has 0 aromatic heterocycles. The van der Waals surface area contributed by atoms with Gasteiger partial charge in [0.05, 0.1) is 12.7 Å². The van der Waals surface area contributed by atoms with Crippen molar-refractivity contribution in [3.63, 3.8) is 0 Å². The lowest BCUT2D eigenvalue weighted by Crippen LogP contribution is -2.49. The van der Waals surface area contributed by atoms with E-state index in [-0.39, 0.29) is 17.8 Å². The van der Waals surface area contributed by atoms with Crippen LogP contribution in [0.4, 0.5) is 4.39 Å². The molecule has 1 atom stereocenters. The number of halogens is 1. The number of aryl methyl sites for hydroxylation is 1. The van der Waals surface area contributed by atoms with E-state index in [1.807, 2.05) is 48.2 Å². The van der Waals surface area contributed by atoms with Gasteiger partial charge in [0.15, 0.2) is 0 Å². The van der Waals surface area contributed by atoms with Crippen LogP contribution >= 0.6 is 0 Å². The van der Waals surface area contributed by atoms with Gasteiger partial charge in [-0.2, -0.15) is 0 Å². The van der Waals surface area contributed by atoms with Crippen LogP contribution in [0.3, 0.4) is 0 Å². The maximum atomic E-state index is 14.0. The lowest BCUT2D eigenvalue weighted by Gasteiger charge is -2.36. The second kappa shape index (κ2) is 9.99. The zero-order valence-electron chi connectivity index (χ0n) is 17.6. The number of ether oxygens (including phenoxy) is 1. The summed E-state index contributed by atoms with van der Waals surface area (Å²) in [6.07, 6.45) is -0.0799. The van der Waals surface area contributed by atoms with E-state index in [2.05, 4.69) is 18.7 Å². The number of benzene rings is 2. The van der Waals surface area contributed by atoms with E-state index in [1.165, 1.54) is 6.07 Å². The van der Waals surface area contributed by atoms with Gasteiger partial charge in [-0.25, -0.2) is 4.39 Å². The maximum Gasteiger partial charge on any atom is 0.253 e. The minimum Gasteiger partial charge on any atom is -0.374 e. The van der Waals surface area contributed by atoms with Crippen LogP contribution in [0.5, 0.6) is 0 Å². The summed E-state index contributed by atoms with van der Waals surface area (Å²) in [5, 5.41) is 0. The number of hydrogen-bond donors (Lipinski definition) is 0. The van der Waals surface area contributed by atoms with Crippen LogP contribution < -0.4 is 0 Å². The van der Waals surface area contributed by atoms with Crippen molar-refractivity contribution in [1.29, 1.82) is 0 Å². The van der Waals surface area contributed by atoms with Gasteiger partial charge in [-0.1, -0.05) is 49.7 Å². The van der Waals surface area contributed by atoms with Crippen molar-refractivity contribution in [3.05, 3.63) is 71.0 Å². The van der Waals surface area contributed by atoms with Crippen molar-refractivity contribution < 1.29 is 13.9 Å². The Bertz CT molecular complexity index is 807. The highest BCUT2D eigenvalue weighted by Gasteiger charge is 2.26. The zero-order chi connectivity index (χ0) is 20.8. The Morgan fingerprint density at radius 1 is 1.21 bits per heavy atom. The van der Waals surface area contributed by atoms with Crippen LogP contribution in [0.15, 0.2) is 48.5 Å². The summed E-state index contributed by atoms with van der Waals surface area (Å²) in [7, 11) is 0. The van der Waals surface area contributed by atoms with Crippen molar-refractivity contribution >= 4 is 5.91 Å². The number of morpholine rings is 1. The van der Waals surface area contributed by atoms with Crippen LogP contribution in [-0.4, -0.2) is 54.6 Å². The van der Waals surface area contributed by atoms with Gasteiger partial charge in [0.25, 0.3) is 5.91 Å². The van der Waals surface area contributed by atoms with E-state index in [0.717, 1.165) is 12.1 Å². The molecule has 0 unspecified atom stereocenters. The van der Waals surface area contributed by atoms with Gasteiger partial charge in [-0.3, -0.25) is 9.69 Å². The molecule has 156 valence electrons. The zero-order valence-corrected chi connectivity index (χ0v) is 17.6. The normalized spacial score (nSPS) is 17.5. The molecule has 0 radical (unpaired) electrons. The average Bonchev–Trinajstić information content (AvgIpc) is 2.69. The Labute approximate surface area is 173 Å². The first-order valence-electron chi connectivity index (χ1n) is 10.4. The molecule has 0 N–H and O–H groups in total. The van der Waals surface area contributed by atoms with Gasteiger partial charge in [0.1, 0.15) is 5.82 Å². The molecule has 2 aromatic rings. The molecule has 1 aliphatic rings. The predicted octanol–water partition coefficient (Wildman–Crippen LogP) is 4.13. The van der Waals surface area contributed by atoms with Gasteiger partial charge in [0.2, 0.25) is 0 Å². The average molecular weight is 399 g/mol. The van der Waals surface area contributed by atoms with E-state index in [9.17, 15) is 9.18 Å². The number of carbonyl (C=O) groups excluding carboxylic acids is 1.